The van der Waals surface area contributed by atoms with Crippen molar-refractivity contribution >= 4 is 9.96 Å². The molecule has 3 aromatic carbocycles. The van der Waals surface area contributed by atoms with Crippen LogP contribution in [-0.2, 0) is 20.0 Å². The second-order valence-corrected chi connectivity index (χ2v) is 20.1. The van der Waals surface area contributed by atoms with Crippen LogP contribution in [0.4, 0.5) is 0 Å². The Hall–Kier alpha value is -1.99. The van der Waals surface area contributed by atoms with Gasteiger partial charge in [-0.1, -0.05) is 0 Å². The van der Waals surface area contributed by atoms with E-state index >= 15 is 0 Å². The number of hydrogen-bond donors (Lipinski definition) is 0. The van der Waals surface area contributed by atoms with E-state index < -0.39 is 20.0 Å². The number of hydrogen-bond acceptors (Lipinski definition) is 0. The van der Waals surface area contributed by atoms with Gasteiger partial charge in [-0.15, -0.1) is 0 Å². The summed E-state index contributed by atoms with van der Waals surface area (Å²) in [4.78, 5) is 0. The van der Waals surface area contributed by atoms with Crippen LogP contribution in [0, 0.1) is 0 Å². The first-order valence-corrected chi connectivity index (χ1v) is 15.6. The SMILES string of the molecule is C1=CC[C]([Hf]([c]2ccccc2)([c]2ccccc2)[c]2ccccc2)=C1. The molecule has 24 heavy (non-hydrogen) atoms. The fourth-order valence-corrected chi connectivity index (χ4v) is 21.7. The summed E-state index contributed by atoms with van der Waals surface area (Å²) in [5.74, 6) is 0. The van der Waals surface area contributed by atoms with Crippen LogP contribution in [0.5, 0.6) is 0 Å². The second kappa shape index (κ2) is 6.86. The molecular formula is C23H20Hf. The van der Waals surface area contributed by atoms with Crippen molar-refractivity contribution in [1.82, 2.24) is 0 Å². The van der Waals surface area contributed by atoms with Crippen molar-refractivity contribution in [1.29, 1.82) is 0 Å². The zero-order valence-electron chi connectivity index (χ0n) is 13.6. The van der Waals surface area contributed by atoms with Crippen molar-refractivity contribution < 1.29 is 20.0 Å². The maximum atomic E-state index is 2.38. The minimum atomic E-state index is -3.36. The fraction of sp³-hybridized carbons (Fsp3) is 0.0435. The first kappa shape index (κ1) is 15.5. The van der Waals surface area contributed by atoms with E-state index in [4.69, 9.17) is 0 Å². The van der Waals surface area contributed by atoms with Crippen LogP contribution in [0.15, 0.2) is 113 Å². The van der Waals surface area contributed by atoms with Crippen molar-refractivity contribution in [3.05, 3.63) is 113 Å². The van der Waals surface area contributed by atoms with E-state index in [1.54, 1.807) is 3.33 Å². The molecule has 3 aromatic rings. The first-order valence-electron chi connectivity index (χ1n) is 8.45. The third-order valence-corrected chi connectivity index (χ3v) is 22.6. The van der Waals surface area contributed by atoms with Crippen molar-refractivity contribution in [3.63, 3.8) is 0 Å². The predicted molar refractivity (Wildman–Crippen MR) is 100 cm³/mol. The van der Waals surface area contributed by atoms with Crippen molar-refractivity contribution in [2.45, 2.75) is 6.42 Å². The van der Waals surface area contributed by atoms with E-state index in [0.717, 1.165) is 6.42 Å². The minimum absolute atomic E-state index is 1.08. The van der Waals surface area contributed by atoms with Crippen LogP contribution in [0.2, 0.25) is 0 Å². The molecule has 0 nitrogen and oxygen atoms in total. The average Bonchev–Trinajstić information content (AvgIpc) is 3.20. The molecule has 0 unspecified atom stereocenters. The molecule has 4 rings (SSSR count). The molecule has 1 aliphatic rings. The van der Waals surface area contributed by atoms with E-state index in [2.05, 4.69) is 109 Å². The van der Waals surface area contributed by atoms with Crippen molar-refractivity contribution in [2.75, 3.05) is 0 Å². The standard InChI is InChI=1S/3C6H5.C5H5.Hf/c3*1-2-4-6-5-3-1;1-2-4-5-3-1;/h3*1-5H;1-3H,4H2;. The van der Waals surface area contributed by atoms with E-state index in [9.17, 15) is 0 Å². The summed E-state index contributed by atoms with van der Waals surface area (Å²) in [7, 11) is 0. The van der Waals surface area contributed by atoms with E-state index in [1.165, 1.54) is 9.96 Å². The Morgan fingerprint density at radius 2 is 0.958 bits per heavy atom. The summed E-state index contributed by atoms with van der Waals surface area (Å²) >= 11 is -3.36. The molecule has 0 fully saturated rings. The summed E-state index contributed by atoms with van der Waals surface area (Å²) in [6.07, 6.45) is 8.01. The van der Waals surface area contributed by atoms with Gasteiger partial charge in [0, 0.05) is 0 Å². The van der Waals surface area contributed by atoms with Gasteiger partial charge in [0.2, 0.25) is 0 Å². The van der Waals surface area contributed by atoms with Gasteiger partial charge in [-0.05, 0) is 0 Å². The molecule has 1 heteroatoms. The molecule has 0 spiro atoms. The number of allylic oxidation sites excluding steroid dienone is 4. The Bertz CT molecular complexity index is 765. The molecule has 0 heterocycles. The van der Waals surface area contributed by atoms with Gasteiger partial charge in [0.25, 0.3) is 0 Å². The molecule has 0 amide bonds. The van der Waals surface area contributed by atoms with Gasteiger partial charge in [0.05, 0.1) is 0 Å². The summed E-state index contributed by atoms with van der Waals surface area (Å²) in [5.41, 5.74) is 0. The Morgan fingerprint density at radius 1 is 0.542 bits per heavy atom. The maximum absolute atomic E-state index is 3.36. The van der Waals surface area contributed by atoms with Gasteiger partial charge in [-0.25, -0.2) is 0 Å². The molecule has 0 aliphatic heterocycles. The van der Waals surface area contributed by atoms with Crippen LogP contribution < -0.4 is 9.96 Å². The van der Waals surface area contributed by atoms with E-state index in [1.807, 2.05) is 0 Å². The van der Waals surface area contributed by atoms with Gasteiger partial charge >= 0.3 is 149 Å². The van der Waals surface area contributed by atoms with Crippen molar-refractivity contribution in [2.24, 2.45) is 0 Å². The zero-order valence-corrected chi connectivity index (χ0v) is 17.2. The van der Waals surface area contributed by atoms with Gasteiger partial charge in [-0.3, -0.25) is 0 Å². The Morgan fingerprint density at radius 3 is 1.29 bits per heavy atom. The van der Waals surface area contributed by atoms with Gasteiger partial charge < -0.3 is 0 Å². The molecule has 0 N–H and O–H groups in total. The molecule has 0 radical (unpaired) electrons. The molecule has 0 atom stereocenters. The van der Waals surface area contributed by atoms with E-state index in [-0.39, 0.29) is 0 Å². The molecule has 0 saturated carbocycles. The van der Waals surface area contributed by atoms with E-state index in [0.29, 0.717) is 0 Å². The van der Waals surface area contributed by atoms with Crippen LogP contribution in [0.3, 0.4) is 0 Å². The Balaban J connectivity index is 2.07. The molecule has 116 valence electrons. The molecule has 0 aromatic heterocycles. The Labute approximate surface area is 148 Å². The molecule has 0 saturated heterocycles. The van der Waals surface area contributed by atoms with Gasteiger partial charge in [0.15, 0.2) is 0 Å². The third-order valence-electron chi connectivity index (χ3n) is 4.87. The van der Waals surface area contributed by atoms with Gasteiger partial charge in [-0.2, -0.15) is 0 Å². The predicted octanol–water partition coefficient (Wildman–Crippen LogP) is 3.96. The normalized spacial score (nSPS) is 13.8. The molecule has 1 aliphatic carbocycles. The van der Waals surface area contributed by atoms with Crippen LogP contribution in [0.1, 0.15) is 6.42 Å². The summed E-state index contributed by atoms with van der Waals surface area (Å²) in [6.45, 7) is 0. The van der Waals surface area contributed by atoms with Crippen LogP contribution >= 0.6 is 0 Å². The topological polar surface area (TPSA) is 0 Å². The molecule has 0 bridgehead atoms. The second-order valence-electron chi connectivity index (χ2n) is 6.17. The van der Waals surface area contributed by atoms with Gasteiger partial charge in [0.1, 0.15) is 0 Å². The number of rotatable bonds is 4. The van der Waals surface area contributed by atoms with Crippen molar-refractivity contribution in [3.8, 4) is 0 Å². The quantitative estimate of drug-likeness (QED) is 0.502. The monoisotopic (exact) mass is 476 g/mol. The number of benzene rings is 3. The average molecular weight is 475 g/mol. The molecular weight excluding hydrogens is 455 g/mol. The van der Waals surface area contributed by atoms with Crippen LogP contribution in [-0.4, -0.2) is 0 Å². The third kappa shape index (κ3) is 2.57. The van der Waals surface area contributed by atoms with Crippen LogP contribution in [0.25, 0.3) is 0 Å². The summed E-state index contributed by atoms with van der Waals surface area (Å²) in [5, 5.41) is 0. The summed E-state index contributed by atoms with van der Waals surface area (Å²) < 4.78 is 6.26. The zero-order chi connectivity index (χ0) is 16.2. The fourth-order valence-electron chi connectivity index (χ4n) is 3.85. The Kier molecular flexibility index (Phi) is 4.44. The summed E-state index contributed by atoms with van der Waals surface area (Å²) in [6, 6.07) is 33.6. The first-order chi connectivity index (χ1) is 11.9.